The molecule has 4 heteroatoms. The molecule has 0 saturated carbocycles. The number of pyridine rings is 1. The SMILES string of the molecule is CCc1cc(=O)c(C(=O)Nc2ccccc2C)c(C)n1Cc1ccc(C)cc1. The predicted molar refractivity (Wildman–Crippen MR) is 114 cm³/mol. The first-order valence-electron chi connectivity index (χ1n) is 9.56. The van der Waals surface area contributed by atoms with Crippen LogP contribution in [0.3, 0.4) is 0 Å². The van der Waals surface area contributed by atoms with Crippen molar-refractivity contribution >= 4 is 11.6 Å². The molecule has 0 bridgehead atoms. The van der Waals surface area contributed by atoms with Gasteiger partial charge in [0.15, 0.2) is 5.43 Å². The Labute approximate surface area is 165 Å². The second-order valence-corrected chi connectivity index (χ2v) is 7.15. The van der Waals surface area contributed by atoms with Crippen LogP contribution >= 0.6 is 0 Å². The van der Waals surface area contributed by atoms with Gasteiger partial charge >= 0.3 is 0 Å². The summed E-state index contributed by atoms with van der Waals surface area (Å²) in [5.74, 6) is -0.364. The Morgan fingerprint density at radius 2 is 1.68 bits per heavy atom. The smallest absolute Gasteiger partial charge is 0.261 e. The molecule has 0 atom stereocenters. The summed E-state index contributed by atoms with van der Waals surface area (Å²) in [6.07, 6.45) is 0.724. The number of aromatic nitrogens is 1. The lowest BCUT2D eigenvalue weighted by molar-refractivity contribution is 0.102. The number of carbonyl (C=O) groups is 1. The Hall–Kier alpha value is -3.14. The molecule has 1 heterocycles. The molecule has 0 aliphatic rings. The van der Waals surface area contributed by atoms with Crippen LogP contribution in [-0.2, 0) is 13.0 Å². The van der Waals surface area contributed by atoms with Gasteiger partial charge in [-0.15, -0.1) is 0 Å². The summed E-state index contributed by atoms with van der Waals surface area (Å²) in [6, 6.07) is 17.5. The average Bonchev–Trinajstić information content (AvgIpc) is 2.67. The molecule has 3 rings (SSSR count). The Bertz CT molecular complexity index is 1060. The number of anilines is 1. The van der Waals surface area contributed by atoms with Crippen LogP contribution < -0.4 is 10.7 Å². The summed E-state index contributed by atoms with van der Waals surface area (Å²) in [5.41, 5.74) is 5.60. The molecule has 0 spiro atoms. The largest absolute Gasteiger partial charge is 0.343 e. The Kier molecular flexibility index (Phi) is 5.78. The maximum Gasteiger partial charge on any atom is 0.261 e. The van der Waals surface area contributed by atoms with Crippen molar-refractivity contribution in [3.63, 3.8) is 0 Å². The van der Waals surface area contributed by atoms with Gasteiger partial charge in [-0.1, -0.05) is 55.0 Å². The number of hydrogen-bond donors (Lipinski definition) is 1. The van der Waals surface area contributed by atoms with E-state index in [1.54, 1.807) is 6.07 Å². The second-order valence-electron chi connectivity index (χ2n) is 7.15. The Morgan fingerprint density at radius 3 is 2.32 bits per heavy atom. The van der Waals surface area contributed by atoms with Crippen molar-refractivity contribution in [3.8, 4) is 0 Å². The molecule has 0 saturated heterocycles. The predicted octanol–water partition coefficient (Wildman–Crippen LogP) is 4.64. The fourth-order valence-corrected chi connectivity index (χ4v) is 3.39. The summed E-state index contributed by atoms with van der Waals surface area (Å²) in [4.78, 5) is 25.6. The number of amides is 1. The summed E-state index contributed by atoms with van der Waals surface area (Å²) < 4.78 is 2.07. The minimum atomic E-state index is -0.364. The van der Waals surface area contributed by atoms with E-state index in [-0.39, 0.29) is 16.9 Å². The van der Waals surface area contributed by atoms with E-state index < -0.39 is 0 Å². The van der Waals surface area contributed by atoms with Crippen LogP contribution in [-0.4, -0.2) is 10.5 Å². The third-order valence-corrected chi connectivity index (χ3v) is 5.10. The van der Waals surface area contributed by atoms with E-state index in [0.29, 0.717) is 12.2 Å². The van der Waals surface area contributed by atoms with E-state index in [9.17, 15) is 9.59 Å². The first-order chi connectivity index (χ1) is 13.4. The molecule has 1 N–H and O–H groups in total. The van der Waals surface area contributed by atoms with Gasteiger partial charge < -0.3 is 9.88 Å². The zero-order chi connectivity index (χ0) is 20.3. The molecule has 0 aliphatic heterocycles. The lowest BCUT2D eigenvalue weighted by Gasteiger charge is -2.19. The first kappa shape index (κ1) is 19.6. The van der Waals surface area contributed by atoms with Crippen molar-refractivity contribution in [2.75, 3.05) is 5.32 Å². The third kappa shape index (κ3) is 4.06. The molecule has 0 radical (unpaired) electrons. The van der Waals surface area contributed by atoms with E-state index in [0.717, 1.165) is 28.9 Å². The number of rotatable bonds is 5. The summed E-state index contributed by atoms with van der Waals surface area (Å²) in [5, 5.41) is 2.89. The Balaban J connectivity index is 2.02. The quantitative estimate of drug-likeness (QED) is 0.707. The zero-order valence-electron chi connectivity index (χ0n) is 16.9. The lowest BCUT2D eigenvalue weighted by atomic mass is 10.1. The van der Waals surface area contributed by atoms with Crippen molar-refractivity contribution in [2.45, 2.75) is 40.7 Å². The van der Waals surface area contributed by atoms with Gasteiger partial charge in [-0.25, -0.2) is 0 Å². The van der Waals surface area contributed by atoms with Gasteiger partial charge in [-0.05, 0) is 44.4 Å². The molecular weight excluding hydrogens is 348 g/mol. The van der Waals surface area contributed by atoms with Crippen LogP contribution in [0.5, 0.6) is 0 Å². The fraction of sp³-hybridized carbons (Fsp3) is 0.250. The van der Waals surface area contributed by atoms with E-state index in [4.69, 9.17) is 0 Å². The molecule has 3 aromatic rings. The average molecular weight is 374 g/mol. The van der Waals surface area contributed by atoms with Gasteiger partial charge in [0.25, 0.3) is 5.91 Å². The van der Waals surface area contributed by atoms with Gasteiger partial charge in [0.2, 0.25) is 0 Å². The van der Waals surface area contributed by atoms with E-state index in [1.807, 2.05) is 45.0 Å². The lowest BCUT2D eigenvalue weighted by Crippen LogP contribution is -2.28. The highest BCUT2D eigenvalue weighted by molar-refractivity contribution is 6.05. The van der Waals surface area contributed by atoms with Gasteiger partial charge in [-0.3, -0.25) is 9.59 Å². The molecule has 2 aromatic carbocycles. The maximum absolute atomic E-state index is 12.9. The highest BCUT2D eigenvalue weighted by Gasteiger charge is 2.19. The highest BCUT2D eigenvalue weighted by Crippen LogP contribution is 2.17. The summed E-state index contributed by atoms with van der Waals surface area (Å²) in [7, 11) is 0. The summed E-state index contributed by atoms with van der Waals surface area (Å²) >= 11 is 0. The van der Waals surface area contributed by atoms with Crippen LogP contribution in [0.2, 0.25) is 0 Å². The monoisotopic (exact) mass is 374 g/mol. The van der Waals surface area contributed by atoms with Crippen molar-refractivity contribution in [3.05, 3.63) is 98.5 Å². The molecule has 1 amide bonds. The topological polar surface area (TPSA) is 51.1 Å². The van der Waals surface area contributed by atoms with Crippen molar-refractivity contribution in [2.24, 2.45) is 0 Å². The van der Waals surface area contributed by atoms with Crippen molar-refractivity contribution < 1.29 is 4.79 Å². The molecule has 1 aromatic heterocycles. The molecule has 144 valence electrons. The molecular formula is C24H26N2O2. The first-order valence-corrected chi connectivity index (χ1v) is 9.56. The molecule has 0 unspecified atom stereocenters. The molecule has 4 nitrogen and oxygen atoms in total. The number of para-hydroxylation sites is 1. The van der Waals surface area contributed by atoms with Gasteiger partial charge in [-0.2, -0.15) is 0 Å². The van der Waals surface area contributed by atoms with Gasteiger partial charge in [0.05, 0.1) is 0 Å². The normalized spacial score (nSPS) is 10.7. The highest BCUT2D eigenvalue weighted by atomic mass is 16.2. The number of aryl methyl sites for hydroxylation is 3. The van der Waals surface area contributed by atoms with Crippen LogP contribution in [0.25, 0.3) is 0 Å². The number of nitrogens with one attached hydrogen (secondary N) is 1. The van der Waals surface area contributed by atoms with E-state index >= 15 is 0 Å². The van der Waals surface area contributed by atoms with Crippen LogP contribution in [0.15, 0.2) is 59.4 Å². The van der Waals surface area contributed by atoms with Crippen LogP contribution in [0.1, 0.15) is 45.4 Å². The third-order valence-electron chi connectivity index (χ3n) is 5.10. The summed E-state index contributed by atoms with van der Waals surface area (Å²) in [6.45, 7) is 8.48. The molecule has 0 aliphatic carbocycles. The van der Waals surface area contributed by atoms with Gasteiger partial charge in [0, 0.05) is 29.7 Å². The van der Waals surface area contributed by atoms with Crippen molar-refractivity contribution in [1.82, 2.24) is 4.57 Å². The number of hydrogen-bond acceptors (Lipinski definition) is 2. The van der Waals surface area contributed by atoms with E-state index in [2.05, 4.69) is 41.1 Å². The van der Waals surface area contributed by atoms with Gasteiger partial charge in [0.1, 0.15) is 5.56 Å². The minimum absolute atomic E-state index is 0.201. The number of carbonyl (C=O) groups excluding carboxylic acids is 1. The zero-order valence-corrected chi connectivity index (χ0v) is 16.9. The Morgan fingerprint density at radius 1 is 1.00 bits per heavy atom. The van der Waals surface area contributed by atoms with Crippen LogP contribution in [0, 0.1) is 20.8 Å². The number of benzene rings is 2. The minimum Gasteiger partial charge on any atom is -0.343 e. The molecule has 0 fully saturated rings. The van der Waals surface area contributed by atoms with Crippen LogP contribution in [0.4, 0.5) is 5.69 Å². The fourth-order valence-electron chi connectivity index (χ4n) is 3.39. The second kappa shape index (κ2) is 8.26. The number of nitrogens with zero attached hydrogens (tertiary/aromatic N) is 1. The molecule has 28 heavy (non-hydrogen) atoms. The maximum atomic E-state index is 12.9. The van der Waals surface area contributed by atoms with E-state index in [1.165, 1.54) is 5.56 Å². The standard InChI is InChI=1S/C24H26N2O2/c1-5-20-14-22(27)23(24(28)25-21-9-7-6-8-17(21)3)18(4)26(20)15-19-12-10-16(2)11-13-19/h6-14H,5,15H2,1-4H3,(H,25,28). The van der Waals surface area contributed by atoms with Crippen molar-refractivity contribution in [1.29, 1.82) is 0 Å².